The molecule has 144 valence electrons. The molecule has 1 aliphatic heterocycles. The van der Waals surface area contributed by atoms with Crippen LogP contribution in [-0.4, -0.2) is 22.8 Å². The maximum absolute atomic E-state index is 12.8. The van der Waals surface area contributed by atoms with Gasteiger partial charge in [0.15, 0.2) is 0 Å². The maximum Gasteiger partial charge on any atom is 0.458 e. The SMILES string of the molecule is Cc1cccc(C)c1CNCc1ccc(C2=NOC(O)(C(F)(F)F)C2)cc1. The van der Waals surface area contributed by atoms with E-state index in [0.29, 0.717) is 12.1 Å². The third kappa shape index (κ3) is 4.14. The molecule has 1 heterocycles. The molecule has 1 aliphatic rings. The number of nitrogens with one attached hydrogen (secondary N) is 1. The van der Waals surface area contributed by atoms with Crippen LogP contribution >= 0.6 is 0 Å². The molecule has 0 bridgehead atoms. The maximum atomic E-state index is 12.8. The molecule has 0 fully saturated rings. The Morgan fingerprint density at radius 3 is 2.26 bits per heavy atom. The van der Waals surface area contributed by atoms with Crippen LogP contribution in [0.25, 0.3) is 0 Å². The molecule has 0 amide bonds. The van der Waals surface area contributed by atoms with E-state index in [4.69, 9.17) is 0 Å². The second-order valence-corrected chi connectivity index (χ2v) is 6.76. The van der Waals surface area contributed by atoms with Crippen molar-refractivity contribution in [3.05, 3.63) is 70.3 Å². The summed E-state index contributed by atoms with van der Waals surface area (Å²) in [6, 6.07) is 13.2. The topological polar surface area (TPSA) is 53.9 Å². The molecule has 0 saturated heterocycles. The van der Waals surface area contributed by atoms with E-state index in [1.807, 2.05) is 18.2 Å². The fourth-order valence-corrected chi connectivity index (χ4v) is 3.00. The summed E-state index contributed by atoms with van der Waals surface area (Å²) in [6.07, 6.45) is -5.61. The summed E-state index contributed by atoms with van der Waals surface area (Å²) in [5.74, 6) is -3.24. The van der Waals surface area contributed by atoms with Gasteiger partial charge in [-0.25, -0.2) is 0 Å². The number of hydrogen-bond acceptors (Lipinski definition) is 4. The Labute approximate surface area is 155 Å². The van der Waals surface area contributed by atoms with Gasteiger partial charge in [0, 0.05) is 13.1 Å². The fourth-order valence-electron chi connectivity index (χ4n) is 3.00. The summed E-state index contributed by atoms with van der Waals surface area (Å²) in [6.45, 7) is 5.51. The third-order valence-corrected chi connectivity index (χ3v) is 4.72. The van der Waals surface area contributed by atoms with Crippen LogP contribution in [0.4, 0.5) is 13.2 Å². The van der Waals surface area contributed by atoms with Gasteiger partial charge in [-0.05, 0) is 41.7 Å². The van der Waals surface area contributed by atoms with Crippen LogP contribution in [0.1, 0.15) is 34.2 Å². The molecule has 1 unspecified atom stereocenters. The highest BCUT2D eigenvalue weighted by Crippen LogP contribution is 2.38. The van der Waals surface area contributed by atoms with Gasteiger partial charge in [-0.2, -0.15) is 13.2 Å². The molecule has 0 spiro atoms. The van der Waals surface area contributed by atoms with Gasteiger partial charge >= 0.3 is 12.0 Å². The number of halogens is 3. The van der Waals surface area contributed by atoms with Gasteiger partial charge in [0.2, 0.25) is 0 Å². The quantitative estimate of drug-likeness (QED) is 0.828. The van der Waals surface area contributed by atoms with E-state index in [2.05, 4.69) is 41.3 Å². The lowest BCUT2D eigenvalue weighted by Crippen LogP contribution is -2.45. The number of aliphatic hydroxyl groups is 1. The van der Waals surface area contributed by atoms with Crippen LogP contribution in [-0.2, 0) is 17.9 Å². The lowest BCUT2D eigenvalue weighted by Gasteiger charge is -2.22. The van der Waals surface area contributed by atoms with Gasteiger partial charge in [0.25, 0.3) is 0 Å². The van der Waals surface area contributed by atoms with Crippen LogP contribution in [0.15, 0.2) is 47.6 Å². The number of nitrogens with zero attached hydrogens (tertiary/aromatic N) is 1. The molecule has 27 heavy (non-hydrogen) atoms. The lowest BCUT2D eigenvalue weighted by molar-refractivity contribution is -0.355. The number of hydrogen-bond donors (Lipinski definition) is 2. The Morgan fingerprint density at radius 1 is 1.07 bits per heavy atom. The van der Waals surface area contributed by atoms with E-state index in [0.717, 1.165) is 12.1 Å². The first-order valence-corrected chi connectivity index (χ1v) is 8.59. The van der Waals surface area contributed by atoms with Crippen molar-refractivity contribution in [3.63, 3.8) is 0 Å². The minimum Gasteiger partial charge on any atom is -0.350 e. The first-order valence-electron chi connectivity index (χ1n) is 8.59. The Morgan fingerprint density at radius 2 is 1.70 bits per heavy atom. The molecule has 2 N–H and O–H groups in total. The van der Waals surface area contributed by atoms with E-state index in [1.54, 1.807) is 12.1 Å². The number of rotatable bonds is 5. The van der Waals surface area contributed by atoms with Crippen molar-refractivity contribution in [1.82, 2.24) is 5.32 Å². The highest BCUT2D eigenvalue weighted by Gasteiger charge is 2.60. The molecule has 2 aromatic carbocycles. The summed E-state index contributed by atoms with van der Waals surface area (Å²) in [4.78, 5) is 4.24. The second-order valence-electron chi connectivity index (χ2n) is 6.76. The Hall–Kier alpha value is -2.38. The fraction of sp³-hybridized carbons (Fsp3) is 0.350. The largest absolute Gasteiger partial charge is 0.458 e. The highest BCUT2D eigenvalue weighted by molar-refractivity contribution is 6.01. The van der Waals surface area contributed by atoms with Crippen molar-refractivity contribution in [2.45, 2.75) is 45.3 Å². The molecule has 1 atom stereocenters. The van der Waals surface area contributed by atoms with E-state index in [-0.39, 0.29) is 5.71 Å². The van der Waals surface area contributed by atoms with Crippen LogP contribution in [0.3, 0.4) is 0 Å². The normalized spacial score (nSPS) is 19.7. The van der Waals surface area contributed by atoms with E-state index in [9.17, 15) is 18.3 Å². The molecule has 0 saturated carbocycles. The Bertz CT molecular complexity index is 827. The van der Waals surface area contributed by atoms with Crippen molar-refractivity contribution in [1.29, 1.82) is 0 Å². The summed E-state index contributed by atoms with van der Waals surface area (Å²) < 4.78 is 38.3. The smallest absolute Gasteiger partial charge is 0.350 e. The van der Waals surface area contributed by atoms with Crippen molar-refractivity contribution in [2.24, 2.45) is 5.16 Å². The number of benzene rings is 2. The highest BCUT2D eigenvalue weighted by atomic mass is 19.4. The molecule has 7 heteroatoms. The van der Waals surface area contributed by atoms with Gasteiger partial charge < -0.3 is 15.3 Å². The summed E-state index contributed by atoms with van der Waals surface area (Å²) in [5.41, 5.74) is 5.29. The zero-order valence-electron chi connectivity index (χ0n) is 15.1. The van der Waals surface area contributed by atoms with Gasteiger partial charge in [-0.3, -0.25) is 0 Å². The summed E-state index contributed by atoms with van der Waals surface area (Å²) >= 11 is 0. The van der Waals surface area contributed by atoms with Gasteiger partial charge in [0.1, 0.15) is 0 Å². The number of oxime groups is 1. The molecule has 2 aromatic rings. The molecule has 4 nitrogen and oxygen atoms in total. The predicted molar refractivity (Wildman–Crippen MR) is 96.1 cm³/mol. The Kier molecular flexibility index (Phi) is 5.26. The minimum absolute atomic E-state index is 0.0740. The number of alkyl halides is 3. The van der Waals surface area contributed by atoms with Crippen molar-refractivity contribution >= 4 is 5.71 Å². The van der Waals surface area contributed by atoms with Gasteiger partial charge in [-0.1, -0.05) is 47.6 Å². The zero-order chi connectivity index (χ0) is 19.7. The average molecular weight is 378 g/mol. The average Bonchev–Trinajstić information content (AvgIpc) is 3.02. The van der Waals surface area contributed by atoms with E-state index in [1.165, 1.54) is 16.7 Å². The van der Waals surface area contributed by atoms with Crippen molar-refractivity contribution in [2.75, 3.05) is 0 Å². The standard InChI is InChI=1S/C20H21F3N2O2/c1-13-4-3-5-14(2)17(13)12-24-11-15-6-8-16(9-7-15)18-10-19(26,27-25-18)20(21,22)23/h3-9,24,26H,10-12H2,1-2H3. The van der Waals surface area contributed by atoms with Crippen LogP contribution in [0.5, 0.6) is 0 Å². The lowest BCUT2D eigenvalue weighted by atomic mass is 10.0. The monoisotopic (exact) mass is 378 g/mol. The predicted octanol–water partition coefficient (Wildman–Crippen LogP) is 3.97. The van der Waals surface area contributed by atoms with Crippen molar-refractivity contribution < 1.29 is 23.1 Å². The number of aryl methyl sites for hydroxylation is 2. The molecular formula is C20H21F3N2O2. The van der Waals surface area contributed by atoms with Gasteiger partial charge in [-0.15, -0.1) is 0 Å². The third-order valence-electron chi connectivity index (χ3n) is 4.72. The van der Waals surface area contributed by atoms with Crippen LogP contribution in [0, 0.1) is 13.8 Å². The summed E-state index contributed by atoms with van der Waals surface area (Å²) in [5, 5.41) is 16.3. The van der Waals surface area contributed by atoms with Crippen molar-refractivity contribution in [3.8, 4) is 0 Å². The first-order chi connectivity index (χ1) is 12.7. The van der Waals surface area contributed by atoms with Crippen LogP contribution < -0.4 is 5.32 Å². The molecule has 0 aliphatic carbocycles. The van der Waals surface area contributed by atoms with E-state index >= 15 is 0 Å². The minimum atomic E-state index is -4.89. The van der Waals surface area contributed by atoms with Crippen LogP contribution in [0.2, 0.25) is 0 Å². The Balaban J connectivity index is 1.59. The molecule has 0 aromatic heterocycles. The zero-order valence-corrected chi connectivity index (χ0v) is 15.1. The van der Waals surface area contributed by atoms with Gasteiger partial charge in [0.05, 0.1) is 12.1 Å². The molecule has 3 rings (SSSR count). The van der Waals surface area contributed by atoms with E-state index < -0.39 is 18.4 Å². The molecule has 0 radical (unpaired) electrons. The molecular weight excluding hydrogens is 357 g/mol. The first kappa shape index (κ1) is 19.4. The summed E-state index contributed by atoms with van der Waals surface area (Å²) in [7, 11) is 0. The second kappa shape index (κ2) is 7.32.